The molecule has 1 amide bonds. The standard InChI is InChI=1S/C16H13NO3/c1-11(12-7-3-2-4-8-12)15(18)17-14-10-6-5-9-13(14)16(19)20/h2-10H,1H2,(H,17,18)(H,19,20). The van der Waals surface area contributed by atoms with Gasteiger partial charge in [0, 0.05) is 5.57 Å². The smallest absolute Gasteiger partial charge is 0.337 e. The number of carbonyl (C=O) groups excluding carboxylic acids is 1. The first-order valence-corrected chi connectivity index (χ1v) is 5.97. The van der Waals surface area contributed by atoms with Crippen LogP contribution < -0.4 is 5.32 Å². The van der Waals surface area contributed by atoms with E-state index in [0.717, 1.165) is 0 Å². The number of hydrogen-bond donors (Lipinski definition) is 2. The van der Waals surface area contributed by atoms with E-state index < -0.39 is 11.9 Å². The lowest BCUT2D eigenvalue weighted by Crippen LogP contribution is -2.15. The Balaban J connectivity index is 2.21. The molecular weight excluding hydrogens is 254 g/mol. The Bertz CT molecular complexity index is 662. The predicted molar refractivity (Wildman–Crippen MR) is 77.5 cm³/mol. The number of carboxylic acid groups (broad SMARTS) is 1. The average molecular weight is 267 g/mol. The minimum absolute atomic E-state index is 0.0433. The number of para-hydroxylation sites is 1. The van der Waals surface area contributed by atoms with Crippen molar-refractivity contribution in [3.63, 3.8) is 0 Å². The summed E-state index contributed by atoms with van der Waals surface area (Å²) in [5.74, 6) is -1.52. The summed E-state index contributed by atoms with van der Waals surface area (Å²) in [4.78, 5) is 23.2. The largest absolute Gasteiger partial charge is 0.478 e. The Morgan fingerprint density at radius 2 is 1.55 bits per heavy atom. The highest BCUT2D eigenvalue weighted by atomic mass is 16.4. The summed E-state index contributed by atoms with van der Waals surface area (Å²) in [5.41, 5.74) is 1.27. The van der Waals surface area contributed by atoms with E-state index in [-0.39, 0.29) is 16.8 Å². The van der Waals surface area contributed by atoms with Crippen molar-refractivity contribution in [1.29, 1.82) is 0 Å². The van der Waals surface area contributed by atoms with Crippen LogP contribution in [0.3, 0.4) is 0 Å². The van der Waals surface area contributed by atoms with Gasteiger partial charge in [-0.3, -0.25) is 4.79 Å². The number of aromatic carboxylic acids is 1. The van der Waals surface area contributed by atoms with E-state index in [1.807, 2.05) is 6.07 Å². The zero-order chi connectivity index (χ0) is 14.5. The summed E-state index contributed by atoms with van der Waals surface area (Å²) >= 11 is 0. The first kappa shape index (κ1) is 13.5. The second-order valence-corrected chi connectivity index (χ2v) is 4.15. The fourth-order valence-corrected chi connectivity index (χ4v) is 1.75. The van der Waals surface area contributed by atoms with Crippen molar-refractivity contribution in [3.05, 3.63) is 72.3 Å². The van der Waals surface area contributed by atoms with Crippen molar-refractivity contribution < 1.29 is 14.7 Å². The molecule has 2 aromatic rings. The first-order chi connectivity index (χ1) is 9.59. The zero-order valence-corrected chi connectivity index (χ0v) is 10.7. The van der Waals surface area contributed by atoms with E-state index in [2.05, 4.69) is 11.9 Å². The van der Waals surface area contributed by atoms with Crippen LogP contribution in [-0.2, 0) is 4.79 Å². The number of amides is 1. The summed E-state index contributed by atoms with van der Waals surface area (Å²) in [6.45, 7) is 3.74. The van der Waals surface area contributed by atoms with Gasteiger partial charge < -0.3 is 10.4 Å². The van der Waals surface area contributed by atoms with Crippen molar-refractivity contribution in [2.24, 2.45) is 0 Å². The lowest BCUT2D eigenvalue weighted by atomic mass is 10.1. The van der Waals surface area contributed by atoms with Crippen molar-refractivity contribution >= 4 is 23.1 Å². The Morgan fingerprint density at radius 3 is 2.20 bits per heavy atom. The topological polar surface area (TPSA) is 66.4 Å². The molecule has 2 aromatic carbocycles. The molecule has 0 unspecified atom stereocenters. The van der Waals surface area contributed by atoms with Crippen LogP contribution >= 0.6 is 0 Å². The molecule has 20 heavy (non-hydrogen) atoms. The Kier molecular flexibility index (Phi) is 3.96. The van der Waals surface area contributed by atoms with Crippen LogP contribution in [0.2, 0.25) is 0 Å². The van der Waals surface area contributed by atoms with E-state index in [9.17, 15) is 9.59 Å². The quantitative estimate of drug-likeness (QED) is 0.837. The molecule has 0 aliphatic heterocycles. The van der Waals surface area contributed by atoms with Crippen molar-refractivity contribution in [3.8, 4) is 0 Å². The summed E-state index contributed by atoms with van der Waals surface area (Å²) in [7, 11) is 0. The molecule has 0 spiro atoms. The van der Waals surface area contributed by atoms with Gasteiger partial charge in [-0.15, -0.1) is 0 Å². The molecule has 2 N–H and O–H groups in total. The molecule has 4 heteroatoms. The average Bonchev–Trinajstić information content (AvgIpc) is 2.47. The fourth-order valence-electron chi connectivity index (χ4n) is 1.75. The van der Waals surface area contributed by atoms with E-state index in [4.69, 9.17) is 5.11 Å². The van der Waals surface area contributed by atoms with Crippen LogP contribution in [0.4, 0.5) is 5.69 Å². The van der Waals surface area contributed by atoms with Gasteiger partial charge in [0.2, 0.25) is 0 Å². The molecule has 0 aliphatic carbocycles. The molecule has 0 fully saturated rings. The third kappa shape index (κ3) is 2.92. The maximum absolute atomic E-state index is 12.1. The van der Waals surface area contributed by atoms with Crippen LogP contribution in [-0.4, -0.2) is 17.0 Å². The highest BCUT2D eigenvalue weighted by molar-refractivity contribution is 6.25. The van der Waals surface area contributed by atoms with E-state index in [1.54, 1.807) is 42.5 Å². The van der Waals surface area contributed by atoms with Crippen LogP contribution in [0.5, 0.6) is 0 Å². The van der Waals surface area contributed by atoms with Gasteiger partial charge in [0.25, 0.3) is 5.91 Å². The number of rotatable bonds is 4. The van der Waals surface area contributed by atoms with Crippen molar-refractivity contribution in [2.45, 2.75) is 0 Å². The molecule has 0 saturated heterocycles. The Morgan fingerprint density at radius 1 is 0.950 bits per heavy atom. The number of carbonyl (C=O) groups is 2. The molecule has 4 nitrogen and oxygen atoms in total. The zero-order valence-electron chi connectivity index (χ0n) is 10.7. The molecule has 0 aliphatic rings. The summed E-state index contributed by atoms with van der Waals surface area (Å²) < 4.78 is 0. The molecule has 0 atom stereocenters. The predicted octanol–water partition coefficient (Wildman–Crippen LogP) is 3.04. The minimum Gasteiger partial charge on any atom is -0.478 e. The third-order valence-corrected chi connectivity index (χ3v) is 2.80. The van der Waals surface area contributed by atoms with Gasteiger partial charge in [-0.2, -0.15) is 0 Å². The number of carboxylic acids is 1. The Labute approximate surface area is 116 Å². The minimum atomic E-state index is -1.09. The maximum atomic E-state index is 12.1. The van der Waals surface area contributed by atoms with Gasteiger partial charge in [0.05, 0.1) is 11.3 Å². The SMILES string of the molecule is C=C(C(=O)Nc1ccccc1C(=O)O)c1ccccc1. The van der Waals surface area contributed by atoms with E-state index >= 15 is 0 Å². The van der Waals surface area contributed by atoms with Gasteiger partial charge in [-0.05, 0) is 17.7 Å². The maximum Gasteiger partial charge on any atom is 0.337 e. The Hall–Kier alpha value is -2.88. The monoisotopic (exact) mass is 267 g/mol. The van der Waals surface area contributed by atoms with Crippen LogP contribution in [0, 0.1) is 0 Å². The molecule has 0 heterocycles. The fraction of sp³-hybridized carbons (Fsp3) is 0. The number of anilines is 1. The molecule has 0 saturated carbocycles. The van der Waals surface area contributed by atoms with Gasteiger partial charge in [0.1, 0.15) is 0 Å². The molecule has 0 aromatic heterocycles. The highest BCUT2D eigenvalue weighted by Crippen LogP contribution is 2.18. The number of nitrogens with one attached hydrogen (secondary N) is 1. The van der Waals surface area contributed by atoms with Crippen LogP contribution in [0.25, 0.3) is 5.57 Å². The van der Waals surface area contributed by atoms with Crippen LogP contribution in [0.1, 0.15) is 15.9 Å². The van der Waals surface area contributed by atoms with Gasteiger partial charge >= 0.3 is 5.97 Å². The van der Waals surface area contributed by atoms with Crippen LogP contribution in [0.15, 0.2) is 61.2 Å². The summed E-state index contributed by atoms with van der Waals surface area (Å²) in [6, 6.07) is 15.2. The van der Waals surface area contributed by atoms with Crippen molar-refractivity contribution in [2.75, 3.05) is 5.32 Å². The molecule has 0 bridgehead atoms. The third-order valence-electron chi connectivity index (χ3n) is 2.80. The summed E-state index contributed by atoms with van der Waals surface area (Å²) in [5, 5.41) is 11.6. The molecule has 100 valence electrons. The molecule has 2 rings (SSSR count). The number of hydrogen-bond acceptors (Lipinski definition) is 2. The first-order valence-electron chi connectivity index (χ1n) is 5.97. The number of benzene rings is 2. The second-order valence-electron chi connectivity index (χ2n) is 4.15. The van der Waals surface area contributed by atoms with Crippen molar-refractivity contribution in [1.82, 2.24) is 0 Å². The molecular formula is C16H13NO3. The normalized spacial score (nSPS) is 9.80. The van der Waals surface area contributed by atoms with Gasteiger partial charge in [-0.1, -0.05) is 49.0 Å². The highest BCUT2D eigenvalue weighted by Gasteiger charge is 2.14. The van der Waals surface area contributed by atoms with Gasteiger partial charge in [0.15, 0.2) is 0 Å². The van der Waals surface area contributed by atoms with E-state index in [0.29, 0.717) is 5.56 Å². The van der Waals surface area contributed by atoms with E-state index in [1.165, 1.54) is 6.07 Å². The summed E-state index contributed by atoms with van der Waals surface area (Å²) in [6.07, 6.45) is 0. The lowest BCUT2D eigenvalue weighted by Gasteiger charge is -2.10. The van der Waals surface area contributed by atoms with Gasteiger partial charge in [-0.25, -0.2) is 4.79 Å². The lowest BCUT2D eigenvalue weighted by molar-refractivity contribution is -0.111. The molecule has 0 radical (unpaired) electrons. The second kappa shape index (κ2) is 5.84.